The molecule has 152 valence electrons. The lowest BCUT2D eigenvalue weighted by molar-refractivity contribution is 0.186. The van der Waals surface area contributed by atoms with Gasteiger partial charge in [-0.25, -0.2) is 0 Å². The van der Waals surface area contributed by atoms with Gasteiger partial charge < -0.3 is 25.2 Å². The fraction of sp³-hybridized carbons (Fsp3) is 0.409. The van der Waals surface area contributed by atoms with Crippen molar-refractivity contribution in [3.8, 4) is 11.5 Å². The highest BCUT2D eigenvalue weighted by atomic mass is 16.5. The molecule has 0 fully saturated rings. The topological polar surface area (TPSA) is 75.1 Å². The van der Waals surface area contributed by atoms with E-state index in [9.17, 15) is 5.11 Å². The highest BCUT2D eigenvalue weighted by Gasteiger charge is 2.12. The van der Waals surface area contributed by atoms with Crippen LogP contribution < -0.4 is 20.1 Å². The van der Waals surface area contributed by atoms with Crippen LogP contribution in [0.5, 0.6) is 11.5 Å². The van der Waals surface area contributed by atoms with E-state index in [4.69, 9.17) is 9.47 Å². The Morgan fingerprint density at radius 3 is 2.46 bits per heavy atom. The van der Waals surface area contributed by atoms with Crippen LogP contribution in [0.15, 0.2) is 53.5 Å². The summed E-state index contributed by atoms with van der Waals surface area (Å²) >= 11 is 0. The highest BCUT2D eigenvalue weighted by molar-refractivity contribution is 5.79. The molecule has 0 saturated heterocycles. The molecule has 0 radical (unpaired) electrons. The molecule has 0 spiro atoms. The molecule has 1 unspecified atom stereocenters. The first-order valence-electron chi connectivity index (χ1n) is 9.64. The summed E-state index contributed by atoms with van der Waals surface area (Å²) in [5.74, 6) is 1.93. The molecule has 0 saturated carbocycles. The zero-order valence-electron chi connectivity index (χ0n) is 16.9. The van der Waals surface area contributed by atoms with E-state index in [-0.39, 0.29) is 6.54 Å². The molecular formula is C22H31N3O3. The average molecular weight is 386 g/mol. The van der Waals surface area contributed by atoms with Crippen molar-refractivity contribution >= 4 is 5.96 Å². The maximum atomic E-state index is 10.5. The number of ether oxygens (including phenoxy) is 2. The van der Waals surface area contributed by atoms with Gasteiger partial charge in [-0.3, -0.25) is 4.99 Å². The quantitative estimate of drug-likeness (QED) is 0.333. The van der Waals surface area contributed by atoms with Gasteiger partial charge in [-0.05, 0) is 43.0 Å². The summed E-state index contributed by atoms with van der Waals surface area (Å²) < 4.78 is 10.5. The molecule has 6 heteroatoms. The molecule has 0 aromatic heterocycles. The van der Waals surface area contributed by atoms with Gasteiger partial charge in [-0.2, -0.15) is 0 Å². The Morgan fingerprint density at radius 1 is 1.04 bits per heavy atom. The third-order valence-corrected chi connectivity index (χ3v) is 4.34. The number of methoxy groups -OCH3 is 2. The first-order valence-corrected chi connectivity index (χ1v) is 9.64. The summed E-state index contributed by atoms with van der Waals surface area (Å²) in [6.07, 6.45) is 1.30. The first kappa shape index (κ1) is 21.6. The molecule has 2 aromatic carbocycles. The van der Waals surface area contributed by atoms with E-state index < -0.39 is 6.10 Å². The van der Waals surface area contributed by atoms with Gasteiger partial charge >= 0.3 is 0 Å². The normalized spacial score (nSPS) is 12.4. The molecule has 0 heterocycles. The van der Waals surface area contributed by atoms with E-state index in [0.29, 0.717) is 17.5 Å². The number of rotatable bonds is 10. The average Bonchev–Trinajstić information content (AvgIpc) is 2.74. The molecule has 28 heavy (non-hydrogen) atoms. The van der Waals surface area contributed by atoms with Gasteiger partial charge in [0, 0.05) is 13.1 Å². The molecular weight excluding hydrogens is 354 g/mol. The Kier molecular flexibility index (Phi) is 9.15. The van der Waals surface area contributed by atoms with Crippen LogP contribution in [0.4, 0.5) is 0 Å². The second kappa shape index (κ2) is 11.9. The minimum Gasteiger partial charge on any atom is -0.493 e. The summed E-state index contributed by atoms with van der Waals surface area (Å²) in [4.78, 5) is 4.50. The molecule has 0 bridgehead atoms. The number of nitrogens with zero attached hydrogens (tertiary/aromatic N) is 1. The second-order valence-corrected chi connectivity index (χ2v) is 6.37. The number of benzene rings is 2. The van der Waals surface area contributed by atoms with Crippen LogP contribution in [-0.4, -0.2) is 44.9 Å². The fourth-order valence-corrected chi connectivity index (χ4v) is 2.83. The third-order valence-electron chi connectivity index (χ3n) is 4.34. The Bertz CT molecular complexity index is 735. The number of hydrogen-bond acceptors (Lipinski definition) is 4. The van der Waals surface area contributed by atoms with Gasteiger partial charge in [0.05, 0.1) is 26.9 Å². The molecule has 2 rings (SSSR count). The van der Waals surface area contributed by atoms with Gasteiger partial charge in [0.1, 0.15) is 0 Å². The molecule has 0 aliphatic heterocycles. The standard InChI is InChI=1S/C22H31N3O3/c1-4-23-22(24-14-8-11-17-9-6-5-7-10-17)25-16-19(26)18-12-13-20(27-2)21(15-18)28-3/h5-7,9-10,12-13,15,19,26H,4,8,11,14,16H2,1-3H3,(H2,23,24,25). The van der Waals surface area contributed by atoms with Crippen molar-refractivity contribution in [2.75, 3.05) is 33.9 Å². The zero-order valence-corrected chi connectivity index (χ0v) is 16.9. The number of aryl methyl sites for hydroxylation is 1. The summed E-state index contributed by atoms with van der Waals surface area (Å²) in [6, 6.07) is 15.8. The number of guanidine groups is 1. The van der Waals surface area contributed by atoms with Crippen molar-refractivity contribution in [2.24, 2.45) is 4.99 Å². The molecule has 6 nitrogen and oxygen atoms in total. The van der Waals surface area contributed by atoms with E-state index >= 15 is 0 Å². The minimum absolute atomic E-state index is 0.253. The van der Waals surface area contributed by atoms with Crippen molar-refractivity contribution in [2.45, 2.75) is 25.9 Å². The largest absolute Gasteiger partial charge is 0.493 e. The third kappa shape index (κ3) is 6.78. The van der Waals surface area contributed by atoms with Crippen molar-refractivity contribution in [1.82, 2.24) is 10.6 Å². The maximum Gasteiger partial charge on any atom is 0.191 e. The Morgan fingerprint density at radius 2 is 1.79 bits per heavy atom. The Balaban J connectivity index is 1.88. The summed E-state index contributed by atoms with van der Waals surface area (Å²) in [5, 5.41) is 17.0. The maximum absolute atomic E-state index is 10.5. The number of nitrogens with one attached hydrogen (secondary N) is 2. The van der Waals surface area contributed by atoms with Crippen LogP contribution in [0.3, 0.4) is 0 Å². The van der Waals surface area contributed by atoms with Gasteiger partial charge in [0.25, 0.3) is 0 Å². The number of aliphatic hydroxyl groups excluding tert-OH is 1. The van der Waals surface area contributed by atoms with Crippen LogP contribution in [0.2, 0.25) is 0 Å². The Hall–Kier alpha value is -2.73. The molecule has 2 aromatic rings. The summed E-state index contributed by atoms with van der Waals surface area (Å²) in [5.41, 5.74) is 2.07. The van der Waals surface area contributed by atoms with E-state index in [0.717, 1.165) is 31.5 Å². The lowest BCUT2D eigenvalue weighted by Gasteiger charge is -2.15. The van der Waals surface area contributed by atoms with Gasteiger partial charge in [-0.1, -0.05) is 36.4 Å². The number of aliphatic hydroxyl groups is 1. The Labute approximate surface area is 167 Å². The van der Waals surface area contributed by atoms with Gasteiger partial charge in [0.15, 0.2) is 17.5 Å². The highest BCUT2D eigenvalue weighted by Crippen LogP contribution is 2.29. The number of hydrogen-bond donors (Lipinski definition) is 3. The van der Waals surface area contributed by atoms with Crippen LogP contribution in [-0.2, 0) is 6.42 Å². The van der Waals surface area contributed by atoms with Crippen molar-refractivity contribution in [3.05, 3.63) is 59.7 Å². The van der Waals surface area contributed by atoms with E-state index in [1.54, 1.807) is 26.4 Å². The van der Waals surface area contributed by atoms with Crippen LogP contribution in [0.1, 0.15) is 30.6 Å². The van der Waals surface area contributed by atoms with E-state index in [1.165, 1.54) is 5.56 Å². The molecule has 0 aliphatic carbocycles. The molecule has 0 amide bonds. The SMILES string of the molecule is CCNC(=NCC(O)c1ccc(OC)c(OC)c1)NCCCc1ccccc1. The molecule has 0 aliphatic rings. The van der Waals surface area contributed by atoms with Crippen molar-refractivity contribution in [1.29, 1.82) is 0 Å². The van der Waals surface area contributed by atoms with Crippen LogP contribution >= 0.6 is 0 Å². The second-order valence-electron chi connectivity index (χ2n) is 6.37. The lowest BCUT2D eigenvalue weighted by atomic mass is 10.1. The summed E-state index contributed by atoms with van der Waals surface area (Å²) in [6.45, 7) is 3.85. The predicted octanol–water partition coefficient (Wildman–Crippen LogP) is 2.93. The van der Waals surface area contributed by atoms with E-state index in [2.05, 4.69) is 39.9 Å². The fourth-order valence-electron chi connectivity index (χ4n) is 2.83. The summed E-state index contributed by atoms with van der Waals surface area (Å²) in [7, 11) is 3.17. The van der Waals surface area contributed by atoms with Gasteiger partial charge in [-0.15, -0.1) is 0 Å². The first-order chi connectivity index (χ1) is 13.7. The molecule has 1 atom stereocenters. The van der Waals surface area contributed by atoms with Crippen LogP contribution in [0, 0.1) is 0 Å². The van der Waals surface area contributed by atoms with Crippen molar-refractivity contribution < 1.29 is 14.6 Å². The smallest absolute Gasteiger partial charge is 0.191 e. The zero-order chi connectivity index (χ0) is 20.2. The van der Waals surface area contributed by atoms with Crippen LogP contribution in [0.25, 0.3) is 0 Å². The van der Waals surface area contributed by atoms with Gasteiger partial charge in [0.2, 0.25) is 0 Å². The predicted molar refractivity (Wildman–Crippen MR) is 113 cm³/mol. The minimum atomic E-state index is -0.723. The number of aliphatic imine (C=N–C) groups is 1. The lowest BCUT2D eigenvalue weighted by Crippen LogP contribution is -2.38. The monoisotopic (exact) mass is 385 g/mol. The van der Waals surface area contributed by atoms with E-state index in [1.807, 2.05) is 19.1 Å². The molecule has 3 N–H and O–H groups in total. The van der Waals surface area contributed by atoms with Crippen molar-refractivity contribution in [3.63, 3.8) is 0 Å².